The predicted octanol–water partition coefficient (Wildman–Crippen LogP) is 2.20. The first-order valence-corrected chi connectivity index (χ1v) is 7.78. The van der Waals surface area contributed by atoms with Crippen LogP contribution in [0.1, 0.15) is 26.2 Å². The molecule has 2 rings (SSSR count). The van der Waals surface area contributed by atoms with E-state index in [0.717, 1.165) is 19.3 Å². The van der Waals surface area contributed by atoms with E-state index in [1.807, 2.05) is 6.92 Å². The van der Waals surface area contributed by atoms with Gasteiger partial charge in [0.15, 0.2) is 0 Å². The van der Waals surface area contributed by atoms with E-state index < -0.39 is 10.0 Å². The minimum atomic E-state index is -3.57. The summed E-state index contributed by atoms with van der Waals surface area (Å²) in [6.07, 6.45) is 2.99. The molecule has 1 N–H and O–H groups in total. The molecule has 1 aliphatic carbocycles. The molecule has 0 aromatic heterocycles. The van der Waals surface area contributed by atoms with Crippen LogP contribution in [0.4, 0.5) is 0 Å². The lowest BCUT2D eigenvalue weighted by molar-refractivity contribution is 0.390. The molecule has 1 saturated carbocycles. The lowest BCUT2D eigenvalue weighted by atomic mass is 10.3. The standard InChI is InChI=1S/C13H19NO3S/c1-2-9-14(10-11-7-8-11)18(16,17)13-6-4-3-5-12(13)15/h3-6,11,15H,2,7-10H2,1H3. The second kappa shape index (κ2) is 5.28. The average Bonchev–Trinajstić information content (AvgIpc) is 3.13. The van der Waals surface area contributed by atoms with Gasteiger partial charge in [-0.05, 0) is 37.3 Å². The first kappa shape index (κ1) is 13.4. The molecule has 0 unspecified atom stereocenters. The second-order valence-electron chi connectivity index (χ2n) is 4.77. The van der Waals surface area contributed by atoms with Gasteiger partial charge in [0, 0.05) is 13.1 Å². The van der Waals surface area contributed by atoms with E-state index in [1.165, 1.54) is 16.4 Å². The number of phenols is 1. The van der Waals surface area contributed by atoms with Gasteiger partial charge in [0.1, 0.15) is 10.6 Å². The van der Waals surface area contributed by atoms with Crippen LogP contribution in [-0.4, -0.2) is 30.9 Å². The quantitative estimate of drug-likeness (QED) is 0.861. The minimum absolute atomic E-state index is 0.0131. The summed E-state index contributed by atoms with van der Waals surface area (Å²) in [7, 11) is -3.57. The molecular weight excluding hydrogens is 250 g/mol. The molecule has 1 fully saturated rings. The van der Waals surface area contributed by atoms with Crippen LogP contribution in [0, 0.1) is 5.92 Å². The van der Waals surface area contributed by atoms with Crippen LogP contribution in [0.5, 0.6) is 5.75 Å². The van der Waals surface area contributed by atoms with Gasteiger partial charge in [-0.1, -0.05) is 19.1 Å². The van der Waals surface area contributed by atoms with Crippen molar-refractivity contribution >= 4 is 10.0 Å². The van der Waals surface area contributed by atoms with Gasteiger partial charge in [-0.2, -0.15) is 4.31 Å². The molecule has 0 amide bonds. The molecule has 1 aromatic carbocycles. The van der Waals surface area contributed by atoms with Crippen molar-refractivity contribution in [3.8, 4) is 5.75 Å². The lowest BCUT2D eigenvalue weighted by Gasteiger charge is -2.21. The van der Waals surface area contributed by atoms with Crippen molar-refractivity contribution in [2.45, 2.75) is 31.1 Å². The minimum Gasteiger partial charge on any atom is -0.507 e. The number of hydrogen-bond donors (Lipinski definition) is 1. The largest absolute Gasteiger partial charge is 0.507 e. The van der Waals surface area contributed by atoms with Gasteiger partial charge in [-0.3, -0.25) is 0 Å². The molecule has 5 heteroatoms. The fourth-order valence-corrected chi connectivity index (χ4v) is 3.65. The summed E-state index contributed by atoms with van der Waals surface area (Å²) in [5.41, 5.74) is 0. The zero-order valence-electron chi connectivity index (χ0n) is 10.5. The van der Waals surface area contributed by atoms with Crippen LogP contribution in [0.3, 0.4) is 0 Å². The molecule has 4 nitrogen and oxygen atoms in total. The Hall–Kier alpha value is -1.07. The van der Waals surface area contributed by atoms with E-state index in [9.17, 15) is 13.5 Å². The molecule has 0 heterocycles. The number of phenolic OH excluding ortho intramolecular Hbond substituents is 1. The van der Waals surface area contributed by atoms with Gasteiger partial charge >= 0.3 is 0 Å². The Bertz CT molecular complexity index is 509. The number of rotatable bonds is 6. The first-order valence-electron chi connectivity index (χ1n) is 6.34. The maximum absolute atomic E-state index is 12.5. The van der Waals surface area contributed by atoms with E-state index >= 15 is 0 Å². The highest BCUT2D eigenvalue weighted by atomic mass is 32.2. The number of benzene rings is 1. The monoisotopic (exact) mass is 269 g/mol. The lowest BCUT2D eigenvalue weighted by Crippen LogP contribution is -2.33. The summed E-state index contributed by atoms with van der Waals surface area (Å²) in [6.45, 7) is 3.04. The molecule has 1 aromatic rings. The Kier molecular flexibility index (Phi) is 3.92. The highest BCUT2D eigenvalue weighted by Gasteiger charge is 2.32. The molecular formula is C13H19NO3S. The van der Waals surface area contributed by atoms with Crippen LogP contribution in [-0.2, 0) is 10.0 Å². The van der Waals surface area contributed by atoms with E-state index in [1.54, 1.807) is 12.1 Å². The second-order valence-corrected chi connectivity index (χ2v) is 6.68. The number of nitrogens with zero attached hydrogens (tertiary/aromatic N) is 1. The van der Waals surface area contributed by atoms with Crippen molar-refractivity contribution < 1.29 is 13.5 Å². The van der Waals surface area contributed by atoms with Crippen LogP contribution in [0.2, 0.25) is 0 Å². The van der Waals surface area contributed by atoms with Crippen molar-refractivity contribution in [2.75, 3.05) is 13.1 Å². The van der Waals surface area contributed by atoms with Crippen LogP contribution < -0.4 is 0 Å². The Morgan fingerprint density at radius 3 is 2.56 bits per heavy atom. The third kappa shape index (κ3) is 2.84. The highest BCUT2D eigenvalue weighted by Crippen LogP contribution is 2.33. The number of aromatic hydroxyl groups is 1. The SMILES string of the molecule is CCCN(CC1CC1)S(=O)(=O)c1ccccc1O. The van der Waals surface area contributed by atoms with Gasteiger partial charge in [-0.25, -0.2) is 8.42 Å². The molecule has 0 spiro atoms. The van der Waals surface area contributed by atoms with Gasteiger partial charge in [0.25, 0.3) is 0 Å². The topological polar surface area (TPSA) is 57.6 Å². The smallest absolute Gasteiger partial charge is 0.246 e. The molecule has 0 atom stereocenters. The number of hydrogen-bond acceptors (Lipinski definition) is 3. The summed E-state index contributed by atoms with van der Waals surface area (Å²) in [5, 5.41) is 9.71. The van der Waals surface area contributed by atoms with Crippen molar-refractivity contribution in [3.05, 3.63) is 24.3 Å². The van der Waals surface area contributed by atoms with Crippen molar-refractivity contribution in [1.82, 2.24) is 4.31 Å². The predicted molar refractivity (Wildman–Crippen MR) is 69.9 cm³/mol. The fourth-order valence-electron chi connectivity index (χ4n) is 1.96. The van der Waals surface area contributed by atoms with Crippen molar-refractivity contribution in [2.24, 2.45) is 5.92 Å². The van der Waals surface area contributed by atoms with Crippen LogP contribution in [0.15, 0.2) is 29.2 Å². The third-order valence-electron chi connectivity index (χ3n) is 3.11. The van der Waals surface area contributed by atoms with Gasteiger partial charge < -0.3 is 5.11 Å². The normalized spacial score (nSPS) is 16.1. The Balaban J connectivity index is 2.28. The third-order valence-corrected chi connectivity index (χ3v) is 5.03. The van der Waals surface area contributed by atoms with Crippen LogP contribution >= 0.6 is 0 Å². The van der Waals surface area contributed by atoms with Gasteiger partial charge in [0.05, 0.1) is 0 Å². The Morgan fingerprint density at radius 1 is 1.33 bits per heavy atom. The molecule has 0 saturated heterocycles. The molecule has 0 aliphatic heterocycles. The molecule has 100 valence electrons. The maximum Gasteiger partial charge on any atom is 0.246 e. The summed E-state index contributed by atoms with van der Waals surface area (Å²) >= 11 is 0. The first-order chi connectivity index (χ1) is 8.55. The Labute approximate surface area is 108 Å². The zero-order chi connectivity index (χ0) is 13.2. The summed E-state index contributed by atoms with van der Waals surface area (Å²) in [6, 6.07) is 6.13. The van der Waals surface area contributed by atoms with Gasteiger partial charge in [-0.15, -0.1) is 0 Å². The van der Waals surface area contributed by atoms with E-state index in [2.05, 4.69) is 0 Å². The molecule has 0 bridgehead atoms. The molecule has 0 radical (unpaired) electrons. The van der Waals surface area contributed by atoms with E-state index in [-0.39, 0.29) is 10.6 Å². The van der Waals surface area contributed by atoms with Crippen molar-refractivity contribution in [3.63, 3.8) is 0 Å². The van der Waals surface area contributed by atoms with Gasteiger partial charge in [0.2, 0.25) is 10.0 Å². The van der Waals surface area contributed by atoms with Crippen LogP contribution in [0.25, 0.3) is 0 Å². The summed E-state index contributed by atoms with van der Waals surface area (Å²) < 4.78 is 26.4. The zero-order valence-corrected chi connectivity index (χ0v) is 11.4. The Morgan fingerprint density at radius 2 is 2.00 bits per heavy atom. The van der Waals surface area contributed by atoms with E-state index in [0.29, 0.717) is 19.0 Å². The molecule has 18 heavy (non-hydrogen) atoms. The number of sulfonamides is 1. The highest BCUT2D eigenvalue weighted by molar-refractivity contribution is 7.89. The number of para-hydroxylation sites is 1. The van der Waals surface area contributed by atoms with Crippen molar-refractivity contribution in [1.29, 1.82) is 0 Å². The van der Waals surface area contributed by atoms with E-state index in [4.69, 9.17) is 0 Å². The fraction of sp³-hybridized carbons (Fsp3) is 0.538. The summed E-state index contributed by atoms with van der Waals surface area (Å²) in [4.78, 5) is 0.0131. The average molecular weight is 269 g/mol. The summed E-state index contributed by atoms with van der Waals surface area (Å²) in [5.74, 6) is 0.326. The maximum atomic E-state index is 12.5. The molecule has 1 aliphatic rings.